The summed E-state index contributed by atoms with van der Waals surface area (Å²) in [4.78, 5) is 10.9. The Morgan fingerprint density at radius 3 is 2.75 bits per heavy atom. The average Bonchev–Trinajstić information content (AvgIpc) is 2.00. The summed E-state index contributed by atoms with van der Waals surface area (Å²) < 4.78 is 4.95. The summed E-state index contributed by atoms with van der Waals surface area (Å²) >= 11 is 0. The molecule has 0 aromatic carbocycles. The second-order valence-electron chi connectivity index (χ2n) is 2.64. The summed E-state index contributed by atoms with van der Waals surface area (Å²) in [5.41, 5.74) is 0.831. The minimum absolute atomic E-state index is 0.298. The molecular formula is C9H15O2P. The van der Waals surface area contributed by atoms with Gasteiger partial charge >= 0.3 is 5.97 Å². The van der Waals surface area contributed by atoms with E-state index in [9.17, 15) is 4.79 Å². The number of esters is 1. The van der Waals surface area contributed by atoms with E-state index in [2.05, 4.69) is 6.58 Å². The Kier molecular flexibility index (Phi) is 5.65. The molecule has 0 saturated heterocycles. The Morgan fingerprint density at radius 1 is 1.75 bits per heavy atom. The highest BCUT2D eigenvalue weighted by Crippen LogP contribution is 2.07. The Labute approximate surface area is 75.4 Å². The van der Waals surface area contributed by atoms with Crippen LogP contribution in [-0.2, 0) is 9.53 Å². The molecule has 0 aliphatic carbocycles. The van der Waals surface area contributed by atoms with Crippen LogP contribution in [0.25, 0.3) is 0 Å². The third kappa shape index (κ3) is 5.09. The van der Waals surface area contributed by atoms with Crippen molar-refractivity contribution in [2.24, 2.45) is 0 Å². The molecule has 0 heterocycles. The summed E-state index contributed by atoms with van der Waals surface area (Å²) in [6.45, 7) is 9.63. The molecule has 0 amide bonds. The molecule has 0 aromatic heterocycles. The van der Waals surface area contributed by atoms with Gasteiger partial charge in [-0.15, -0.1) is 8.20 Å². The lowest BCUT2D eigenvalue weighted by Crippen LogP contribution is -2.12. The van der Waals surface area contributed by atoms with Crippen LogP contribution in [0.5, 0.6) is 0 Å². The van der Waals surface area contributed by atoms with Crippen LogP contribution in [0, 0.1) is 0 Å². The highest BCUT2D eigenvalue weighted by molar-refractivity contribution is 7.39. The molecule has 2 nitrogen and oxygen atoms in total. The molecule has 1 atom stereocenters. The van der Waals surface area contributed by atoms with E-state index >= 15 is 0 Å². The van der Waals surface area contributed by atoms with E-state index in [0.717, 1.165) is 0 Å². The summed E-state index contributed by atoms with van der Waals surface area (Å²) in [7, 11) is 1.20. The SMILES string of the molecule is C=C(C)C(=O)OCC(C)P=CC. The normalized spacial score (nSPS) is 12.9. The van der Waals surface area contributed by atoms with Crippen molar-refractivity contribution in [3.05, 3.63) is 12.2 Å². The topological polar surface area (TPSA) is 26.3 Å². The van der Waals surface area contributed by atoms with Crippen molar-refractivity contribution < 1.29 is 9.53 Å². The summed E-state index contributed by atoms with van der Waals surface area (Å²) in [5, 5.41) is 0. The van der Waals surface area contributed by atoms with Crippen molar-refractivity contribution >= 4 is 20.0 Å². The van der Waals surface area contributed by atoms with Crippen LogP contribution < -0.4 is 0 Å². The van der Waals surface area contributed by atoms with Gasteiger partial charge in [0, 0.05) is 11.2 Å². The van der Waals surface area contributed by atoms with Crippen LogP contribution in [0.15, 0.2) is 12.2 Å². The van der Waals surface area contributed by atoms with E-state index in [0.29, 0.717) is 17.8 Å². The fourth-order valence-electron chi connectivity index (χ4n) is 0.617. The zero-order valence-corrected chi connectivity index (χ0v) is 8.73. The monoisotopic (exact) mass is 186 g/mol. The first kappa shape index (κ1) is 11.4. The van der Waals surface area contributed by atoms with Gasteiger partial charge < -0.3 is 4.74 Å². The van der Waals surface area contributed by atoms with E-state index in [1.54, 1.807) is 6.92 Å². The van der Waals surface area contributed by atoms with Gasteiger partial charge in [-0.3, -0.25) is 0 Å². The molecule has 12 heavy (non-hydrogen) atoms. The summed E-state index contributed by atoms with van der Waals surface area (Å²) in [6, 6.07) is 0. The maximum absolute atomic E-state index is 10.9. The van der Waals surface area contributed by atoms with Crippen molar-refractivity contribution in [1.82, 2.24) is 0 Å². The van der Waals surface area contributed by atoms with E-state index in [-0.39, 0.29) is 5.97 Å². The molecule has 0 spiro atoms. The highest BCUT2D eigenvalue weighted by Gasteiger charge is 2.04. The lowest BCUT2D eigenvalue weighted by molar-refractivity contribution is -0.138. The van der Waals surface area contributed by atoms with E-state index in [1.165, 1.54) is 8.20 Å². The van der Waals surface area contributed by atoms with Gasteiger partial charge in [-0.1, -0.05) is 19.3 Å². The molecule has 0 aliphatic rings. The number of rotatable bonds is 4. The van der Waals surface area contributed by atoms with Gasteiger partial charge in [-0.25, -0.2) is 4.79 Å². The van der Waals surface area contributed by atoms with Crippen LogP contribution in [-0.4, -0.2) is 24.0 Å². The van der Waals surface area contributed by atoms with E-state index in [4.69, 9.17) is 4.74 Å². The van der Waals surface area contributed by atoms with Crippen LogP contribution in [0.4, 0.5) is 0 Å². The third-order valence-corrected chi connectivity index (χ3v) is 2.16. The lowest BCUT2D eigenvalue weighted by Gasteiger charge is -2.06. The number of carbonyl (C=O) groups excluding carboxylic acids is 1. The van der Waals surface area contributed by atoms with Crippen molar-refractivity contribution in [2.45, 2.75) is 26.4 Å². The van der Waals surface area contributed by atoms with Crippen LogP contribution in [0.1, 0.15) is 20.8 Å². The minimum atomic E-state index is -0.298. The molecule has 0 bridgehead atoms. The smallest absolute Gasteiger partial charge is 0.333 e. The van der Waals surface area contributed by atoms with Gasteiger partial charge in [0.25, 0.3) is 0 Å². The maximum atomic E-state index is 10.9. The second-order valence-corrected chi connectivity index (χ2v) is 4.33. The Balaban J connectivity index is 3.68. The fraction of sp³-hybridized carbons (Fsp3) is 0.556. The predicted molar refractivity (Wildman–Crippen MR) is 53.9 cm³/mol. The van der Waals surface area contributed by atoms with E-state index < -0.39 is 0 Å². The Morgan fingerprint density at radius 2 is 2.33 bits per heavy atom. The summed E-state index contributed by atoms with van der Waals surface area (Å²) in [6.07, 6.45) is 0. The first-order valence-electron chi connectivity index (χ1n) is 3.88. The van der Waals surface area contributed by atoms with E-state index in [1.807, 2.05) is 19.6 Å². The van der Waals surface area contributed by atoms with Crippen LogP contribution in [0.3, 0.4) is 0 Å². The van der Waals surface area contributed by atoms with Crippen molar-refractivity contribution in [2.75, 3.05) is 6.61 Å². The standard InChI is InChI=1S/C9H15O2P/c1-5-12-8(4)6-11-9(10)7(2)3/h5,8H,2,6H2,1,3-4H3. The molecule has 68 valence electrons. The lowest BCUT2D eigenvalue weighted by atomic mass is 10.4. The minimum Gasteiger partial charge on any atom is -0.461 e. The molecule has 0 radical (unpaired) electrons. The van der Waals surface area contributed by atoms with Gasteiger partial charge in [-0.05, 0) is 13.8 Å². The molecular weight excluding hydrogens is 171 g/mol. The summed E-state index contributed by atoms with van der Waals surface area (Å²) in [5.74, 6) is 1.74. The quantitative estimate of drug-likeness (QED) is 0.382. The second kappa shape index (κ2) is 5.96. The Bertz CT molecular complexity index is 197. The van der Waals surface area contributed by atoms with Crippen molar-refractivity contribution in [1.29, 1.82) is 0 Å². The van der Waals surface area contributed by atoms with Gasteiger partial charge in [0.15, 0.2) is 0 Å². The first-order valence-corrected chi connectivity index (χ1v) is 4.91. The molecule has 0 aliphatic heterocycles. The fourth-order valence-corrected chi connectivity index (χ4v) is 1.29. The molecule has 0 fully saturated rings. The van der Waals surface area contributed by atoms with Crippen molar-refractivity contribution in [3.8, 4) is 0 Å². The molecule has 0 saturated carbocycles. The van der Waals surface area contributed by atoms with Gasteiger partial charge in [0.2, 0.25) is 0 Å². The van der Waals surface area contributed by atoms with Crippen molar-refractivity contribution in [3.63, 3.8) is 0 Å². The number of carbonyl (C=O) groups is 1. The zero-order valence-electron chi connectivity index (χ0n) is 7.83. The molecule has 3 heteroatoms. The average molecular weight is 186 g/mol. The van der Waals surface area contributed by atoms with Gasteiger partial charge in [0.05, 0.1) is 0 Å². The van der Waals surface area contributed by atoms with Gasteiger partial charge in [0.1, 0.15) is 6.61 Å². The number of hydrogen-bond acceptors (Lipinski definition) is 2. The zero-order chi connectivity index (χ0) is 9.56. The number of hydrogen-bond donors (Lipinski definition) is 0. The molecule has 1 unspecified atom stereocenters. The highest BCUT2D eigenvalue weighted by atomic mass is 31.1. The van der Waals surface area contributed by atoms with Crippen LogP contribution in [0.2, 0.25) is 0 Å². The maximum Gasteiger partial charge on any atom is 0.333 e. The Hall–Kier alpha value is -0.620. The number of ether oxygens (including phenoxy) is 1. The van der Waals surface area contributed by atoms with Gasteiger partial charge in [-0.2, -0.15) is 0 Å². The largest absolute Gasteiger partial charge is 0.461 e. The molecule has 0 aromatic rings. The third-order valence-electron chi connectivity index (χ3n) is 1.21. The molecule has 0 N–H and O–H groups in total. The molecule has 0 rings (SSSR count). The van der Waals surface area contributed by atoms with Crippen LogP contribution >= 0.6 is 8.20 Å². The first-order chi connectivity index (χ1) is 5.57. The predicted octanol–water partition coefficient (Wildman–Crippen LogP) is 2.26.